The second-order valence-electron chi connectivity index (χ2n) is 3.86. The van der Waals surface area contributed by atoms with E-state index in [1.54, 1.807) is 30.7 Å². The van der Waals surface area contributed by atoms with Gasteiger partial charge >= 0.3 is 0 Å². The Labute approximate surface area is 119 Å². The summed E-state index contributed by atoms with van der Waals surface area (Å²) in [6.45, 7) is 0.464. The van der Waals surface area contributed by atoms with Crippen LogP contribution in [-0.2, 0) is 6.54 Å². The van der Waals surface area contributed by atoms with Gasteiger partial charge in [-0.1, -0.05) is 6.07 Å². The van der Waals surface area contributed by atoms with E-state index in [1.165, 1.54) is 0 Å². The molecule has 8 heteroatoms. The third kappa shape index (κ3) is 2.75. The summed E-state index contributed by atoms with van der Waals surface area (Å²) in [5.41, 5.74) is 0. The van der Waals surface area contributed by atoms with E-state index in [0.29, 0.717) is 24.2 Å². The van der Waals surface area contributed by atoms with Crippen LogP contribution in [0.2, 0.25) is 0 Å². The summed E-state index contributed by atoms with van der Waals surface area (Å²) < 4.78 is 5.03. The third-order valence-corrected chi connectivity index (χ3v) is 3.39. The topological polar surface area (TPSA) is 88.6 Å². The second kappa shape index (κ2) is 5.66. The summed E-state index contributed by atoms with van der Waals surface area (Å²) in [4.78, 5) is 13.7. The van der Waals surface area contributed by atoms with Gasteiger partial charge in [0.25, 0.3) is 0 Å². The SMILES string of the molecule is COc1ccnc(NCc2nc(-c3cccs3)n[nH]2)n1. The van der Waals surface area contributed by atoms with E-state index in [0.717, 1.165) is 10.7 Å². The molecule has 0 amide bonds. The molecule has 0 aliphatic rings. The number of aromatic amines is 1. The molecule has 0 aliphatic carbocycles. The number of rotatable bonds is 5. The summed E-state index contributed by atoms with van der Waals surface area (Å²) >= 11 is 1.60. The van der Waals surface area contributed by atoms with Crippen molar-refractivity contribution in [3.8, 4) is 16.6 Å². The fraction of sp³-hybridized carbons (Fsp3) is 0.167. The highest BCUT2D eigenvalue weighted by Crippen LogP contribution is 2.20. The molecule has 0 atom stereocenters. The molecule has 3 aromatic rings. The lowest BCUT2D eigenvalue weighted by molar-refractivity contribution is 0.397. The average Bonchev–Trinajstić information content (AvgIpc) is 3.16. The van der Waals surface area contributed by atoms with Crippen LogP contribution in [0.15, 0.2) is 29.8 Å². The van der Waals surface area contributed by atoms with Crippen LogP contribution in [-0.4, -0.2) is 32.3 Å². The molecule has 3 heterocycles. The smallest absolute Gasteiger partial charge is 0.226 e. The molecular weight excluding hydrogens is 276 g/mol. The van der Waals surface area contributed by atoms with Crippen molar-refractivity contribution in [3.05, 3.63) is 35.6 Å². The van der Waals surface area contributed by atoms with Crippen LogP contribution >= 0.6 is 11.3 Å². The first-order chi connectivity index (χ1) is 9.85. The molecule has 0 aliphatic heterocycles. The zero-order valence-electron chi connectivity index (χ0n) is 10.7. The van der Waals surface area contributed by atoms with Crippen molar-refractivity contribution in [2.75, 3.05) is 12.4 Å². The molecule has 0 saturated heterocycles. The van der Waals surface area contributed by atoms with Crippen molar-refractivity contribution >= 4 is 17.3 Å². The summed E-state index contributed by atoms with van der Waals surface area (Å²) in [6, 6.07) is 5.64. The van der Waals surface area contributed by atoms with Gasteiger partial charge in [-0.05, 0) is 11.4 Å². The molecule has 0 unspecified atom stereocenters. The average molecular weight is 288 g/mol. The molecule has 0 saturated carbocycles. The minimum Gasteiger partial charge on any atom is -0.481 e. The number of hydrogen-bond acceptors (Lipinski definition) is 7. The van der Waals surface area contributed by atoms with Gasteiger partial charge < -0.3 is 10.1 Å². The van der Waals surface area contributed by atoms with Gasteiger partial charge in [0.2, 0.25) is 11.8 Å². The molecule has 20 heavy (non-hydrogen) atoms. The van der Waals surface area contributed by atoms with Crippen LogP contribution in [0.5, 0.6) is 5.88 Å². The van der Waals surface area contributed by atoms with Crippen LogP contribution in [0.4, 0.5) is 5.95 Å². The minimum absolute atomic E-state index is 0.464. The maximum Gasteiger partial charge on any atom is 0.226 e. The Balaban J connectivity index is 1.66. The van der Waals surface area contributed by atoms with Crippen LogP contribution in [0.1, 0.15) is 5.82 Å². The number of anilines is 1. The molecule has 0 aromatic carbocycles. The zero-order valence-corrected chi connectivity index (χ0v) is 11.5. The molecule has 0 bridgehead atoms. The van der Waals surface area contributed by atoms with Crippen molar-refractivity contribution < 1.29 is 4.74 Å². The largest absolute Gasteiger partial charge is 0.481 e. The standard InChI is InChI=1S/C12H12N6OS/c1-19-10-4-5-13-12(16-10)14-7-9-15-11(18-17-9)8-3-2-6-20-8/h2-6H,7H2,1H3,(H,13,14,16)(H,15,17,18). The fourth-order valence-corrected chi connectivity index (χ4v) is 2.25. The maximum absolute atomic E-state index is 5.03. The predicted octanol–water partition coefficient (Wildman–Crippen LogP) is 1.94. The highest BCUT2D eigenvalue weighted by atomic mass is 32.1. The van der Waals surface area contributed by atoms with Crippen LogP contribution in [0.25, 0.3) is 10.7 Å². The van der Waals surface area contributed by atoms with Gasteiger partial charge in [-0.3, -0.25) is 5.10 Å². The molecular formula is C12H12N6OS. The molecule has 0 fully saturated rings. The zero-order chi connectivity index (χ0) is 13.8. The van der Waals surface area contributed by atoms with E-state index in [-0.39, 0.29) is 0 Å². The van der Waals surface area contributed by atoms with Gasteiger partial charge in [0, 0.05) is 12.3 Å². The number of hydrogen-bond donors (Lipinski definition) is 2. The van der Waals surface area contributed by atoms with Gasteiger partial charge in [0.15, 0.2) is 5.82 Å². The Morgan fingerprint density at radius 3 is 3.10 bits per heavy atom. The first-order valence-corrected chi connectivity index (χ1v) is 6.79. The quantitative estimate of drug-likeness (QED) is 0.746. The fourth-order valence-electron chi connectivity index (χ4n) is 1.59. The van der Waals surface area contributed by atoms with Crippen LogP contribution in [0, 0.1) is 0 Å². The normalized spacial score (nSPS) is 10.4. The monoisotopic (exact) mass is 288 g/mol. The second-order valence-corrected chi connectivity index (χ2v) is 4.81. The summed E-state index contributed by atoms with van der Waals surface area (Å²) in [6.07, 6.45) is 1.63. The number of H-pyrrole nitrogens is 1. The van der Waals surface area contributed by atoms with Crippen LogP contribution < -0.4 is 10.1 Å². The molecule has 102 valence electrons. The molecule has 3 rings (SSSR count). The number of nitrogens with one attached hydrogen (secondary N) is 2. The Kier molecular flexibility index (Phi) is 3.55. The molecule has 2 N–H and O–H groups in total. The number of thiophene rings is 1. The van der Waals surface area contributed by atoms with Crippen molar-refractivity contribution in [2.45, 2.75) is 6.54 Å². The number of nitrogens with zero attached hydrogens (tertiary/aromatic N) is 4. The first-order valence-electron chi connectivity index (χ1n) is 5.91. The van der Waals surface area contributed by atoms with Crippen molar-refractivity contribution in [3.63, 3.8) is 0 Å². The third-order valence-electron chi connectivity index (χ3n) is 2.53. The minimum atomic E-state index is 0.464. The number of methoxy groups -OCH3 is 1. The maximum atomic E-state index is 5.03. The van der Waals surface area contributed by atoms with Gasteiger partial charge in [0.05, 0.1) is 18.5 Å². The lowest BCUT2D eigenvalue weighted by Crippen LogP contribution is -2.05. The Bertz CT molecular complexity index is 681. The van der Waals surface area contributed by atoms with E-state index in [4.69, 9.17) is 4.74 Å². The highest BCUT2D eigenvalue weighted by Gasteiger charge is 2.07. The van der Waals surface area contributed by atoms with Crippen molar-refractivity contribution in [1.29, 1.82) is 0 Å². The van der Waals surface area contributed by atoms with Gasteiger partial charge in [-0.2, -0.15) is 10.1 Å². The van der Waals surface area contributed by atoms with E-state index >= 15 is 0 Å². The van der Waals surface area contributed by atoms with Gasteiger partial charge in [-0.25, -0.2) is 9.97 Å². The van der Waals surface area contributed by atoms with Crippen LogP contribution in [0.3, 0.4) is 0 Å². The molecule has 7 nitrogen and oxygen atoms in total. The van der Waals surface area contributed by atoms with E-state index in [2.05, 4.69) is 30.5 Å². The summed E-state index contributed by atoms with van der Waals surface area (Å²) in [5, 5.41) is 12.1. The lowest BCUT2D eigenvalue weighted by Gasteiger charge is -2.03. The molecule has 3 aromatic heterocycles. The molecule has 0 spiro atoms. The summed E-state index contributed by atoms with van der Waals surface area (Å²) in [5.74, 6) is 2.42. The lowest BCUT2D eigenvalue weighted by atomic mass is 10.4. The highest BCUT2D eigenvalue weighted by molar-refractivity contribution is 7.13. The number of aromatic nitrogens is 5. The Hall–Kier alpha value is -2.48. The van der Waals surface area contributed by atoms with E-state index in [9.17, 15) is 0 Å². The Morgan fingerprint density at radius 1 is 1.35 bits per heavy atom. The predicted molar refractivity (Wildman–Crippen MR) is 75.6 cm³/mol. The first kappa shape index (κ1) is 12.5. The van der Waals surface area contributed by atoms with Crippen molar-refractivity contribution in [2.24, 2.45) is 0 Å². The molecule has 0 radical (unpaired) electrons. The Morgan fingerprint density at radius 2 is 2.30 bits per heavy atom. The van der Waals surface area contributed by atoms with Crippen molar-refractivity contribution in [1.82, 2.24) is 25.1 Å². The van der Waals surface area contributed by atoms with E-state index in [1.807, 2.05) is 17.5 Å². The number of ether oxygens (including phenoxy) is 1. The van der Waals surface area contributed by atoms with Gasteiger partial charge in [0.1, 0.15) is 5.82 Å². The summed E-state index contributed by atoms with van der Waals surface area (Å²) in [7, 11) is 1.57. The van der Waals surface area contributed by atoms with E-state index < -0.39 is 0 Å². The van der Waals surface area contributed by atoms with Gasteiger partial charge in [-0.15, -0.1) is 11.3 Å².